The fourth-order valence-corrected chi connectivity index (χ4v) is 2.71. The predicted molar refractivity (Wildman–Crippen MR) is 82.2 cm³/mol. The van der Waals surface area contributed by atoms with Crippen molar-refractivity contribution in [3.8, 4) is 0 Å². The molecule has 0 radical (unpaired) electrons. The summed E-state index contributed by atoms with van der Waals surface area (Å²) < 4.78 is 22.4. The Labute approximate surface area is 127 Å². The number of carbonyl (C=O) groups excluding carboxylic acids is 1. The van der Waals surface area contributed by atoms with Crippen LogP contribution >= 0.6 is 11.6 Å². The zero-order valence-corrected chi connectivity index (χ0v) is 12.8. The lowest BCUT2D eigenvalue weighted by Gasteiger charge is -2.06. The Bertz CT molecular complexity index is 758. The molecule has 21 heavy (non-hydrogen) atoms. The van der Waals surface area contributed by atoms with Crippen molar-refractivity contribution in [1.29, 1.82) is 0 Å². The molecule has 2 aromatic rings. The molecular weight excluding hydrogens is 312 g/mol. The minimum atomic E-state index is -3.09. The summed E-state index contributed by atoms with van der Waals surface area (Å²) in [7, 11) is -3.09. The summed E-state index contributed by atoms with van der Waals surface area (Å²) >= 11 is 5.74. The molecule has 0 spiro atoms. The second kappa shape index (κ2) is 6.24. The summed E-state index contributed by atoms with van der Waals surface area (Å²) in [5.74, 6) is -0.349. The van der Waals surface area contributed by atoms with E-state index in [1.165, 1.54) is 18.5 Å². The Hall–Kier alpha value is -1.92. The molecule has 2 rings (SSSR count). The van der Waals surface area contributed by atoms with E-state index in [2.05, 4.69) is 10.3 Å². The number of anilines is 1. The molecule has 0 saturated heterocycles. The van der Waals surface area contributed by atoms with Gasteiger partial charge in [0.05, 0.1) is 5.75 Å². The number of nitrogens with one attached hydrogen (secondary N) is 1. The molecule has 1 N–H and O–H groups in total. The molecule has 110 valence electrons. The number of sulfone groups is 1. The molecule has 7 heteroatoms. The smallest absolute Gasteiger partial charge is 0.255 e. The minimum absolute atomic E-state index is 0.0468. The van der Waals surface area contributed by atoms with Crippen LogP contribution in [-0.2, 0) is 15.6 Å². The Kier molecular flexibility index (Phi) is 4.59. The summed E-state index contributed by atoms with van der Waals surface area (Å²) in [6.07, 6.45) is 2.66. The predicted octanol–water partition coefficient (Wildman–Crippen LogP) is 2.53. The fourth-order valence-electron chi connectivity index (χ4n) is 1.74. The number of carbonyl (C=O) groups is 1. The number of hydrogen-bond donors (Lipinski definition) is 1. The second-order valence-corrected chi connectivity index (χ2v) is 7.12. The van der Waals surface area contributed by atoms with E-state index in [9.17, 15) is 13.2 Å². The van der Waals surface area contributed by atoms with Gasteiger partial charge in [-0.15, -0.1) is 0 Å². The van der Waals surface area contributed by atoms with Crippen LogP contribution in [0.5, 0.6) is 0 Å². The second-order valence-electron chi connectivity index (χ2n) is 4.59. The van der Waals surface area contributed by atoms with Gasteiger partial charge in [0.1, 0.15) is 5.15 Å². The molecule has 0 aliphatic carbocycles. The largest absolute Gasteiger partial charge is 0.322 e. The van der Waals surface area contributed by atoms with Gasteiger partial charge < -0.3 is 5.32 Å². The topological polar surface area (TPSA) is 76.1 Å². The quantitative estimate of drug-likeness (QED) is 0.877. The lowest BCUT2D eigenvalue weighted by Crippen LogP contribution is -2.12. The van der Waals surface area contributed by atoms with Crippen LogP contribution in [0.15, 0.2) is 42.6 Å². The number of nitrogens with zero attached hydrogens (tertiary/aromatic N) is 1. The lowest BCUT2D eigenvalue weighted by molar-refractivity contribution is 0.102. The van der Waals surface area contributed by atoms with Gasteiger partial charge >= 0.3 is 0 Å². The number of rotatable bonds is 4. The van der Waals surface area contributed by atoms with Crippen LogP contribution in [0.3, 0.4) is 0 Å². The van der Waals surface area contributed by atoms with Gasteiger partial charge in [-0.25, -0.2) is 13.4 Å². The van der Waals surface area contributed by atoms with E-state index in [-0.39, 0.29) is 16.8 Å². The average molecular weight is 325 g/mol. The highest BCUT2D eigenvalue weighted by atomic mass is 35.5. The SMILES string of the molecule is CS(=O)(=O)Cc1ccc(C(=O)Nc2ccnc(Cl)c2)cc1. The summed E-state index contributed by atoms with van der Waals surface area (Å²) in [5, 5.41) is 2.97. The summed E-state index contributed by atoms with van der Waals surface area (Å²) in [6.45, 7) is 0. The highest BCUT2D eigenvalue weighted by molar-refractivity contribution is 7.89. The molecule has 0 atom stereocenters. The summed E-state index contributed by atoms with van der Waals surface area (Å²) in [6, 6.07) is 9.57. The van der Waals surface area contributed by atoms with Crippen molar-refractivity contribution in [2.24, 2.45) is 0 Å². The molecule has 0 saturated carbocycles. The summed E-state index contributed by atoms with van der Waals surface area (Å²) in [4.78, 5) is 15.9. The number of benzene rings is 1. The van der Waals surface area contributed by atoms with E-state index in [0.29, 0.717) is 16.8 Å². The Morgan fingerprint density at radius 1 is 1.24 bits per heavy atom. The first kappa shape index (κ1) is 15.5. The van der Waals surface area contributed by atoms with Crippen LogP contribution in [0.1, 0.15) is 15.9 Å². The van der Waals surface area contributed by atoms with E-state index in [4.69, 9.17) is 11.6 Å². The van der Waals surface area contributed by atoms with Crippen molar-refractivity contribution in [2.45, 2.75) is 5.75 Å². The maximum Gasteiger partial charge on any atom is 0.255 e. The van der Waals surface area contributed by atoms with E-state index in [1.54, 1.807) is 30.3 Å². The first-order chi connectivity index (χ1) is 9.83. The first-order valence-electron chi connectivity index (χ1n) is 6.03. The van der Waals surface area contributed by atoms with Crippen molar-refractivity contribution in [3.63, 3.8) is 0 Å². The Morgan fingerprint density at radius 2 is 1.90 bits per heavy atom. The molecule has 1 aromatic heterocycles. The molecule has 5 nitrogen and oxygen atoms in total. The van der Waals surface area contributed by atoms with Crippen LogP contribution in [0.25, 0.3) is 0 Å². The van der Waals surface area contributed by atoms with E-state index in [0.717, 1.165) is 0 Å². The van der Waals surface area contributed by atoms with E-state index < -0.39 is 9.84 Å². The maximum atomic E-state index is 12.0. The van der Waals surface area contributed by atoms with Crippen LogP contribution in [0.2, 0.25) is 5.15 Å². The van der Waals surface area contributed by atoms with Gasteiger partial charge in [0, 0.05) is 23.7 Å². The third-order valence-corrected chi connectivity index (χ3v) is 3.69. The zero-order chi connectivity index (χ0) is 15.5. The van der Waals surface area contributed by atoms with Crippen LogP contribution in [0, 0.1) is 0 Å². The van der Waals surface area contributed by atoms with Gasteiger partial charge in [-0.3, -0.25) is 4.79 Å². The Morgan fingerprint density at radius 3 is 2.48 bits per heavy atom. The van der Waals surface area contributed by atoms with Crippen LogP contribution < -0.4 is 5.32 Å². The summed E-state index contributed by atoms with van der Waals surface area (Å²) in [5.41, 5.74) is 1.61. The maximum absolute atomic E-state index is 12.0. The zero-order valence-electron chi connectivity index (χ0n) is 11.2. The van der Waals surface area contributed by atoms with Gasteiger partial charge in [-0.2, -0.15) is 0 Å². The van der Waals surface area contributed by atoms with Gasteiger partial charge in [0.25, 0.3) is 5.91 Å². The van der Waals surface area contributed by atoms with Gasteiger partial charge in [0.15, 0.2) is 9.84 Å². The number of aromatic nitrogens is 1. The lowest BCUT2D eigenvalue weighted by atomic mass is 10.1. The molecule has 1 amide bonds. The van der Waals surface area contributed by atoms with Crippen LogP contribution in [0.4, 0.5) is 5.69 Å². The number of hydrogen-bond acceptors (Lipinski definition) is 4. The van der Waals surface area contributed by atoms with Crippen LogP contribution in [-0.4, -0.2) is 25.6 Å². The minimum Gasteiger partial charge on any atom is -0.322 e. The van der Waals surface area contributed by atoms with E-state index in [1.807, 2.05) is 0 Å². The molecule has 1 aromatic carbocycles. The molecule has 0 fully saturated rings. The first-order valence-corrected chi connectivity index (χ1v) is 8.47. The normalized spacial score (nSPS) is 11.1. The molecule has 1 heterocycles. The third kappa shape index (κ3) is 4.84. The molecule has 0 aliphatic rings. The molecule has 0 aliphatic heterocycles. The Balaban J connectivity index is 2.10. The van der Waals surface area contributed by atoms with Crippen molar-refractivity contribution < 1.29 is 13.2 Å². The highest BCUT2D eigenvalue weighted by Gasteiger charge is 2.08. The monoisotopic (exact) mass is 324 g/mol. The van der Waals surface area contributed by atoms with Gasteiger partial charge in [-0.05, 0) is 29.8 Å². The van der Waals surface area contributed by atoms with Crippen molar-refractivity contribution in [2.75, 3.05) is 11.6 Å². The number of pyridine rings is 1. The average Bonchev–Trinajstić information content (AvgIpc) is 2.37. The standard InChI is InChI=1S/C14H13ClN2O3S/c1-21(19,20)9-10-2-4-11(5-3-10)14(18)17-12-6-7-16-13(15)8-12/h2-8H,9H2,1H3,(H,16,17,18). The molecule has 0 unspecified atom stereocenters. The van der Waals surface area contributed by atoms with Crippen molar-refractivity contribution in [3.05, 3.63) is 58.9 Å². The number of halogens is 1. The van der Waals surface area contributed by atoms with Gasteiger partial charge in [-0.1, -0.05) is 23.7 Å². The van der Waals surface area contributed by atoms with Gasteiger partial charge in [0.2, 0.25) is 0 Å². The fraction of sp³-hybridized carbons (Fsp3) is 0.143. The molecular formula is C14H13ClN2O3S. The molecule has 0 bridgehead atoms. The van der Waals surface area contributed by atoms with E-state index >= 15 is 0 Å². The third-order valence-electron chi connectivity index (χ3n) is 2.63. The highest BCUT2D eigenvalue weighted by Crippen LogP contribution is 2.14. The number of amides is 1. The van der Waals surface area contributed by atoms with Crippen molar-refractivity contribution >= 4 is 33.0 Å². The van der Waals surface area contributed by atoms with Crippen molar-refractivity contribution in [1.82, 2.24) is 4.98 Å².